The van der Waals surface area contributed by atoms with Gasteiger partial charge < -0.3 is 15.1 Å². The van der Waals surface area contributed by atoms with Crippen molar-refractivity contribution in [3.63, 3.8) is 0 Å². The fraction of sp³-hybridized carbons (Fsp3) is 0.294. The van der Waals surface area contributed by atoms with Crippen molar-refractivity contribution in [3.8, 4) is 0 Å². The van der Waals surface area contributed by atoms with Gasteiger partial charge in [-0.05, 0) is 31.2 Å². The van der Waals surface area contributed by atoms with E-state index in [1.54, 1.807) is 11.0 Å². The summed E-state index contributed by atoms with van der Waals surface area (Å²) in [5, 5.41) is 3.84. The summed E-state index contributed by atoms with van der Waals surface area (Å²) in [4.78, 5) is 20.9. The molecule has 5 nitrogen and oxygen atoms in total. The molecule has 2 heterocycles. The Balaban J connectivity index is 1.61. The standard InChI is InChI=1S/C17H17Cl3N4O/c1-11-3-2-4-16(21-11)23-5-7-24(8-6-23)17(25)22-15-10-13(19)12(18)9-14(15)20/h2-4,9-10H,5-8H2,1H3,(H,22,25). The normalized spacial score (nSPS) is 14.6. The van der Waals surface area contributed by atoms with Gasteiger partial charge in [-0.15, -0.1) is 0 Å². The third kappa shape index (κ3) is 4.29. The predicted molar refractivity (Wildman–Crippen MR) is 103 cm³/mol. The first kappa shape index (κ1) is 18.1. The summed E-state index contributed by atoms with van der Waals surface area (Å²) in [6.45, 7) is 4.60. The number of rotatable bonds is 2. The summed E-state index contributed by atoms with van der Waals surface area (Å²) < 4.78 is 0. The molecule has 1 saturated heterocycles. The number of hydrogen-bond acceptors (Lipinski definition) is 3. The molecule has 0 unspecified atom stereocenters. The average Bonchev–Trinajstić information content (AvgIpc) is 2.60. The molecular weight excluding hydrogens is 383 g/mol. The van der Waals surface area contributed by atoms with Crippen LogP contribution in [-0.4, -0.2) is 42.1 Å². The molecule has 2 aromatic rings. The molecular formula is C17H17Cl3N4O. The number of amides is 2. The van der Waals surface area contributed by atoms with Gasteiger partial charge in [0.2, 0.25) is 0 Å². The number of piperazine rings is 1. The molecule has 1 aliphatic rings. The average molecular weight is 400 g/mol. The lowest BCUT2D eigenvalue weighted by molar-refractivity contribution is 0.208. The Morgan fingerprint density at radius 1 is 1.04 bits per heavy atom. The number of halogens is 3. The number of carbonyl (C=O) groups is 1. The van der Waals surface area contributed by atoms with Crippen molar-refractivity contribution in [2.45, 2.75) is 6.92 Å². The van der Waals surface area contributed by atoms with E-state index in [0.717, 1.165) is 24.6 Å². The summed E-state index contributed by atoms with van der Waals surface area (Å²) in [6.07, 6.45) is 0. The molecule has 0 spiro atoms. The van der Waals surface area contributed by atoms with E-state index < -0.39 is 0 Å². The second-order valence-electron chi connectivity index (χ2n) is 5.79. The highest BCUT2D eigenvalue weighted by atomic mass is 35.5. The minimum Gasteiger partial charge on any atom is -0.353 e. The molecule has 0 bridgehead atoms. The Labute approximate surface area is 161 Å². The Morgan fingerprint density at radius 2 is 1.72 bits per heavy atom. The number of anilines is 2. The van der Waals surface area contributed by atoms with Gasteiger partial charge in [0.1, 0.15) is 5.82 Å². The largest absolute Gasteiger partial charge is 0.353 e. The second-order valence-corrected chi connectivity index (χ2v) is 7.01. The molecule has 3 rings (SSSR count). The van der Waals surface area contributed by atoms with Crippen LogP contribution >= 0.6 is 34.8 Å². The molecule has 0 atom stereocenters. The van der Waals surface area contributed by atoms with E-state index in [4.69, 9.17) is 34.8 Å². The molecule has 132 valence electrons. The number of nitrogens with zero attached hydrogens (tertiary/aromatic N) is 3. The van der Waals surface area contributed by atoms with E-state index in [0.29, 0.717) is 33.8 Å². The SMILES string of the molecule is Cc1cccc(N2CCN(C(=O)Nc3cc(Cl)c(Cl)cc3Cl)CC2)n1. The first-order valence-corrected chi connectivity index (χ1v) is 8.96. The number of aromatic nitrogens is 1. The molecule has 2 amide bonds. The van der Waals surface area contributed by atoms with Gasteiger partial charge in [0, 0.05) is 31.9 Å². The maximum Gasteiger partial charge on any atom is 0.322 e. The minimum atomic E-state index is -0.211. The molecule has 0 radical (unpaired) electrons. The van der Waals surface area contributed by atoms with Gasteiger partial charge in [-0.1, -0.05) is 40.9 Å². The maximum absolute atomic E-state index is 12.5. The Hall–Kier alpha value is -1.69. The highest BCUT2D eigenvalue weighted by Gasteiger charge is 2.22. The van der Waals surface area contributed by atoms with Gasteiger partial charge in [0.05, 0.1) is 20.8 Å². The van der Waals surface area contributed by atoms with Crippen molar-refractivity contribution in [3.05, 3.63) is 51.1 Å². The van der Waals surface area contributed by atoms with E-state index in [-0.39, 0.29) is 6.03 Å². The van der Waals surface area contributed by atoms with Crippen molar-refractivity contribution >= 4 is 52.3 Å². The van der Waals surface area contributed by atoms with Crippen LogP contribution in [0.4, 0.5) is 16.3 Å². The minimum absolute atomic E-state index is 0.211. The third-order valence-corrected chi connectivity index (χ3v) is 5.05. The number of pyridine rings is 1. The van der Waals surface area contributed by atoms with Crippen molar-refractivity contribution < 1.29 is 4.79 Å². The van der Waals surface area contributed by atoms with Crippen LogP contribution in [0.5, 0.6) is 0 Å². The molecule has 1 aliphatic heterocycles. The fourth-order valence-corrected chi connectivity index (χ4v) is 3.25. The zero-order chi connectivity index (χ0) is 18.0. The zero-order valence-corrected chi connectivity index (χ0v) is 15.9. The lowest BCUT2D eigenvalue weighted by Gasteiger charge is -2.35. The first-order valence-electron chi connectivity index (χ1n) is 7.83. The van der Waals surface area contributed by atoms with E-state index >= 15 is 0 Å². The Bertz CT molecular complexity index is 791. The monoisotopic (exact) mass is 398 g/mol. The van der Waals surface area contributed by atoms with Gasteiger partial charge in [-0.2, -0.15) is 0 Å². The molecule has 1 N–H and O–H groups in total. The summed E-state index contributed by atoms with van der Waals surface area (Å²) in [6, 6.07) is 8.80. The zero-order valence-electron chi connectivity index (χ0n) is 13.6. The number of urea groups is 1. The number of hydrogen-bond donors (Lipinski definition) is 1. The maximum atomic E-state index is 12.5. The van der Waals surface area contributed by atoms with Crippen molar-refractivity contribution in [2.75, 3.05) is 36.4 Å². The summed E-state index contributed by atoms with van der Waals surface area (Å²) in [5.41, 5.74) is 1.43. The molecule has 1 fully saturated rings. The summed E-state index contributed by atoms with van der Waals surface area (Å²) in [7, 11) is 0. The van der Waals surface area contributed by atoms with Crippen LogP contribution in [0.25, 0.3) is 0 Å². The lowest BCUT2D eigenvalue weighted by Crippen LogP contribution is -2.50. The highest BCUT2D eigenvalue weighted by Crippen LogP contribution is 2.32. The van der Waals surface area contributed by atoms with E-state index in [2.05, 4.69) is 15.2 Å². The van der Waals surface area contributed by atoms with Crippen molar-refractivity contribution in [2.24, 2.45) is 0 Å². The van der Waals surface area contributed by atoms with E-state index in [1.807, 2.05) is 25.1 Å². The van der Waals surface area contributed by atoms with Gasteiger partial charge in [-0.25, -0.2) is 9.78 Å². The second kappa shape index (κ2) is 7.68. The van der Waals surface area contributed by atoms with Gasteiger partial charge >= 0.3 is 6.03 Å². The van der Waals surface area contributed by atoms with Crippen LogP contribution in [0.15, 0.2) is 30.3 Å². The summed E-state index contributed by atoms with van der Waals surface area (Å²) >= 11 is 18.0. The van der Waals surface area contributed by atoms with Crippen LogP contribution in [0.3, 0.4) is 0 Å². The quantitative estimate of drug-likeness (QED) is 0.744. The smallest absolute Gasteiger partial charge is 0.322 e. The first-order chi connectivity index (χ1) is 11.9. The van der Waals surface area contributed by atoms with Crippen LogP contribution in [0.2, 0.25) is 15.1 Å². The number of nitrogens with one attached hydrogen (secondary N) is 1. The van der Waals surface area contributed by atoms with Gasteiger partial charge in [0.25, 0.3) is 0 Å². The molecule has 1 aromatic heterocycles. The number of benzene rings is 1. The number of aryl methyl sites for hydroxylation is 1. The molecule has 8 heteroatoms. The Morgan fingerprint density at radius 3 is 2.40 bits per heavy atom. The molecule has 25 heavy (non-hydrogen) atoms. The molecule has 0 saturated carbocycles. The van der Waals surface area contributed by atoms with Crippen molar-refractivity contribution in [1.82, 2.24) is 9.88 Å². The lowest BCUT2D eigenvalue weighted by atomic mass is 10.3. The topological polar surface area (TPSA) is 48.5 Å². The molecule has 0 aliphatic carbocycles. The summed E-state index contributed by atoms with van der Waals surface area (Å²) in [5.74, 6) is 0.938. The van der Waals surface area contributed by atoms with Crippen LogP contribution in [0.1, 0.15) is 5.69 Å². The Kier molecular flexibility index (Phi) is 5.57. The number of carbonyl (C=O) groups excluding carboxylic acids is 1. The van der Waals surface area contributed by atoms with E-state index in [9.17, 15) is 4.79 Å². The van der Waals surface area contributed by atoms with Crippen LogP contribution in [-0.2, 0) is 0 Å². The third-order valence-electron chi connectivity index (χ3n) is 4.02. The predicted octanol–water partition coefficient (Wildman–Crippen LogP) is 4.70. The van der Waals surface area contributed by atoms with Gasteiger partial charge in [0.15, 0.2) is 0 Å². The highest BCUT2D eigenvalue weighted by molar-refractivity contribution is 6.44. The van der Waals surface area contributed by atoms with E-state index in [1.165, 1.54) is 6.07 Å². The van der Waals surface area contributed by atoms with Gasteiger partial charge in [-0.3, -0.25) is 0 Å². The molecule has 1 aromatic carbocycles. The fourth-order valence-electron chi connectivity index (χ4n) is 2.66. The van der Waals surface area contributed by atoms with Crippen molar-refractivity contribution in [1.29, 1.82) is 0 Å². The van der Waals surface area contributed by atoms with Crippen LogP contribution < -0.4 is 10.2 Å². The van der Waals surface area contributed by atoms with Crippen LogP contribution in [0, 0.1) is 6.92 Å².